The number of unbranched alkanes of at least 4 members (excludes halogenated alkanes) is 1. The smallest absolute Gasteiger partial charge is 0.239 e. The fourth-order valence-corrected chi connectivity index (χ4v) is 7.26. The van der Waals surface area contributed by atoms with Crippen LogP contribution in [0.4, 0.5) is 10.1 Å². The maximum atomic E-state index is 13.7. The van der Waals surface area contributed by atoms with Crippen LogP contribution in [0.25, 0.3) is 10.1 Å². The van der Waals surface area contributed by atoms with Gasteiger partial charge in [0, 0.05) is 24.3 Å². The van der Waals surface area contributed by atoms with Crippen LogP contribution < -0.4 is 9.80 Å². The number of hydrogen-bond donors (Lipinski definition) is 1. The van der Waals surface area contributed by atoms with Gasteiger partial charge in [-0.2, -0.15) is 0 Å². The van der Waals surface area contributed by atoms with Crippen LogP contribution in [0.5, 0.6) is 0 Å². The first-order valence-corrected chi connectivity index (χ1v) is 12.3. The van der Waals surface area contributed by atoms with Gasteiger partial charge in [0.05, 0.1) is 40.5 Å². The first-order chi connectivity index (χ1) is 13.8. The fourth-order valence-electron chi connectivity index (χ4n) is 4.79. The van der Waals surface area contributed by atoms with Gasteiger partial charge in [-0.1, -0.05) is 0 Å². The molecular weight excluding hydrogens is 405 g/mol. The quantitative estimate of drug-likeness (QED) is 0.537. The number of quaternary nitrogens is 1. The van der Waals surface area contributed by atoms with Crippen LogP contribution in [-0.2, 0) is 4.79 Å². The molecular formula is C22H31FN3OS2+. The van der Waals surface area contributed by atoms with E-state index in [2.05, 4.69) is 22.5 Å². The summed E-state index contributed by atoms with van der Waals surface area (Å²) in [6.45, 7) is 12.2. The molecule has 2 saturated heterocycles. The number of thioether (sulfide) groups is 1. The lowest BCUT2D eigenvalue weighted by atomic mass is 10.1. The first kappa shape index (κ1) is 21.1. The molecule has 1 aromatic heterocycles. The highest BCUT2D eigenvalue weighted by Crippen LogP contribution is 2.40. The first-order valence-electron chi connectivity index (χ1n) is 10.6. The molecule has 4 nitrogen and oxygen atoms in total. The minimum absolute atomic E-state index is 0.164. The van der Waals surface area contributed by atoms with Crippen molar-refractivity contribution in [3.8, 4) is 0 Å². The summed E-state index contributed by atoms with van der Waals surface area (Å²) in [5.74, 6) is 0.106. The van der Waals surface area contributed by atoms with Crippen LogP contribution in [-0.4, -0.2) is 60.2 Å². The molecule has 7 heteroatoms. The average molecular weight is 437 g/mol. The molecule has 0 bridgehead atoms. The second-order valence-corrected chi connectivity index (χ2v) is 11.6. The van der Waals surface area contributed by atoms with Crippen molar-refractivity contribution in [3.05, 3.63) is 29.4 Å². The predicted molar refractivity (Wildman–Crippen MR) is 123 cm³/mol. The lowest BCUT2D eigenvalue weighted by Crippen LogP contribution is -2.60. The summed E-state index contributed by atoms with van der Waals surface area (Å²) in [7, 11) is 0. The molecule has 2 aliphatic rings. The Morgan fingerprint density at radius 3 is 2.72 bits per heavy atom. The number of nitrogens with zero attached hydrogens (tertiary/aromatic N) is 2. The minimum atomic E-state index is -0.295. The fraction of sp³-hybridized carbons (Fsp3) is 0.591. The third-order valence-corrected chi connectivity index (χ3v) is 8.67. The molecule has 0 spiro atoms. The number of amides is 1. The molecule has 1 aromatic carbocycles. The van der Waals surface area contributed by atoms with Gasteiger partial charge in [-0.25, -0.2) is 4.39 Å². The SMILES string of the molecule is CC1SC(C)(C)C(=O)N1CCCC[N+]1(c2csc3cc(F)ccc23)CCNCC1. The molecule has 29 heavy (non-hydrogen) atoms. The Hall–Kier alpha value is -1.15. The molecule has 0 aliphatic carbocycles. The van der Waals surface area contributed by atoms with Gasteiger partial charge in [0.25, 0.3) is 0 Å². The second kappa shape index (κ2) is 8.17. The third-order valence-electron chi connectivity index (χ3n) is 6.38. The Morgan fingerprint density at radius 2 is 2.03 bits per heavy atom. The summed E-state index contributed by atoms with van der Waals surface area (Å²) >= 11 is 3.41. The van der Waals surface area contributed by atoms with Gasteiger partial charge in [0.2, 0.25) is 5.91 Å². The summed E-state index contributed by atoms with van der Waals surface area (Å²) in [4.78, 5) is 14.7. The Bertz CT molecular complexity index is 891. The zero-order valence-corrected chi connectivity index (χ0v) is 19.2. The van der Waals surface area contributed by atoms with E-state index >= 15 is 0 Å². The van der Waals surface area contributed by atoms with Crippen molar-refractivity contribution in [3.63, 3.8) is 0 Å². The van der Waals surface area contributed by atoms with Crippen LogP contribution in [0.15, 0.2) is 23.6 Å². The van der Waals surface area contributed by atoms with Crippen LogP contribution in [0.1, 0.15) is 33.6 Å². The number of halogens is 1. The number of piperazine rings is 1. The van der Waals surface area contributed by atoms with Crippen molar-refractivity contribution in [2.24, 2.45) is 0 Å². The van der Waals surface area contributed by atoms with E-state index in [0.29, 0.717) is 0 Å². The van der Waals surface area contributed by atoms with Gasteiger partial charge < -0.3 is 10.2 Å². The van der Waals surface area contributed by atoms with Gasteiger partial charge >= 0.3 is 0 Å². The third kappa shape index (κ3) is 4.07. The molecule has 0 radical (unpaired) electrons. The highest BCUT2D eigenvalue weighted by molar-refractivity contribution is 8.02. The van der Waals surface area contributed by atoms with Crippen molar-refractivity contribution >= 4 is 44.8 Å². The van der Waals surface area contributed by atoms with E-state index in [0.717, 1.165) is 61.3 Å². The molecule has 1 atom stereocenters. The zero-order valence-electron chi connectivity index (χ0n) is 17.5. The Balaban J connectivity index is 1.46. The zero-order chi connectivity index (χ0) is 20.6. The van der Waals surface area contributed by atoms with Crippen molar-refractivity contribution in [2.75, 3.05) is 39.3 Å². The Labute approximate surface area is 181 Å². The van der Waals surface area contributed by atoms with Crippen LogP contribution in [0, 0.1) is 5.82 Å². The summed E-state index contributed by atoms with van der Waals surface area (Å²) in [5.41, 5.74) is 1.34. The number of thiophene rings is 1. The summed E-state index contributed by atoms with van der Waals surface area (Å²) < 4.78 is 15.4. The molecule has 2 aliphatic heterocycles. The standard InChI is InChI=1S/C22H31FN3OS2/c1-16-25(21(27)22(2,3)29-16)10-4-5-11-26(12-8-24-9-13-26)19-15-28-20-14-17(23)6-7-18(19)20/h6-7,14-16,24H,4-5,8-13H2,1-3H3/q+1. The normalized spacial score (nSPS) is 23.8. The van der Waals surface area contributed by atoms with Crippen LogP contribution in [0.3, 0.4) is 0 Å². The number of rotatable bonds is 6. The molecule has 2 aromatic rings. The molecule has 1 N–H and O–H groups in total. The number of carbonyl (C=O) groups is 1. The lowest BCUT2D eigenvalue weighted by Gasteiger charge is -2.41. The molecule has 3 heterocycles. The average Bonchev–Trinajstić information content (AvgIpc) is 3.19. The number of nitrogens with one attached hydrogen (secondary N) is 1. The van der Waals surface area contributed by atoms with Gasteiger partial charge in [0.1, 0.15) is 5.82 Å². The molecule has 1 amide bonds. The maximum absolute atomic E-state index is 13.7. The van der Waals surface area contributed by atoms with E-state index in [-0.39, 0.29) is 21.8 Å². The Morgan fingerprint density at radius 1 is 1.28 bits per heavy atom. The largest absolute Gasteiger partial charge is 0.330 e. The van der Waals surface area contributed by atoms with Crippen molar-refractivity contribution in [1.29, 1.82) is 0 Å². The monoisotopic (exact) mass is 436 g/mol. The molecule has 4 rings (SSSR count). The highest BCUT2D eigenvalue weighted by atomic mass is 32.2. The molecule has 2 fully saturated rings. The summed E-state index contributed by atoms with van der Waals surface area (Å²) in [5, 5.41) is 7.18. The number of fused-ring (bicyclic) bond motifs is 1. The number of benzene rings is 1. The summed E-state index contributed by atoms with van der Waals surface area (Å²) in [6.07, 6.45) is 2.11. The van der Waals surface area contributed by atoms with E-state index in [1.54, 1.807) is 35.2 Å². The van der Waals surface area contributed by atoms with E-state index in [1.165, 1.54) is 11.1 Å². The van der Waals surface area contributed by atoms with E-state index in [1.807, 2.05) is 19.9 Å². The van der Waals surface area contributed by atoms with Crippen molar-refractivity contribution in [1.82, 2.24) is 14.7 Å². The molecule has 158 valence electrons. The summed E-state index contributed by atoms with van der Waals surface area (Å²) in [6, 6.07) is 5.18. The Kier molecular flexibility index (Phi) is 5.95. The highest BCUT2D eigenvalue weighted by Gasteiger charge is 2.43. The molecule has 0 saturated carbocycles. The minimum Gasteiger partial charge on any atom is -0.330 e. The van der Waals surface area contributed by atoms with E-state index < -0.39 is 0 Å². The van der Waals surface area contributed by atoms with Gasteiger partial charge in [-0.05, 0) is 51.8 Å². The molecule has 1 unspecified atom stereocenters. The van der Waals surface area contributed by atoms with E-state index in [4.69, 9.17) is 0 Å². The number of hydrogen-bond acceptors (Lipinski definition) is 4. The van der Waals surface area contributed by atoms with Gasteiger partial charge in [-0.15, -0.1) is 23.1 Å². The predicted octanol–water partition coefficient (Wildman–Crippen LogP) is 4.43. The lowest BCUT2D eigenvalue weighted by molar-refractivity contribution is -0.131. The maximum Gasteiger partial charge on any atom is 0.239 e. The second-order valence-electron chi connectivity index (χ2n) is 8.76. The van der Waals surface area contributed by atoms with Gasteiger partial charge in [-0.3, -0.25) is 9.28 Å². The van der Waals surface area contributed by atoms with Crippen molar-refractivity contribution in [2.45, 2.75) is 43.7 Å². The number of carbonyl (C=O) groups excluding carboxylic acids is 1. The van der Waals surface area contributed by atoms with Crippen molar-refractivity contribution < 1.29 is 9.18 Å². The topological polar surface area (TPSA) is 32.3 Å². The van der Waals surface area contributed by atoms with E-state index in [9.17, 15) is 9.18 Å². The van der Waals surface area contributed by atoms with Gasteiger partial charge in [0.15, 0.2) is 5.69 Å². The van der Waals surface area contributed by atoms with Crippen LogP contribution in [0.2, 0.25) is 0 Å². The van der Waals surface area contributed by atoms with Crippen LogP contribution >= 0.6 is 23.1 Å².